The third-order valence-corrected chi connectivity index (χ3v) is 10.4. The van der Waals surface area contributed by atoms with E-state index in [0.717, 1.165) is 44.1 Å². The van der Waals surface area contributed by atoms with Crippen molar-refractivity contribution in [1.82, 2.24) is 15.5 Å². The molecule has 1 aromatic rings. The number of benzene rings is 1. The maximum Gasteiger partial charge on any atom is 0.411 e. The number of amides is 3. The van der Waals surface area contributed by atoms with E-state index in [-0.39, 0.29) is 19.8 Å². The van der Waals surface area contributed by atoms with Crippen molar-refractivity contribution in [3.63, 3.8) is 0 Å². The molecule has 0 radical (unpaired) electrons. The number of aliphatic hydroxyl groups is 3. The maximum absolute atomic E-state index is 13.7. The van der Waals surface area contributed by atoms with Gasteiger partial charge in [-0.05, 0) is 18.4 Å². The number of carbonyl (C=O) groups is 3. The summed E-state index contributed by atoms with van der Waals surface area (Å²) in [6, 6.07) is 7.84. The van der Waals surface area contributed by atoms with E-state index >= 15 is 0 Å². The highest BCUT2D eigenvalue weighted by atomic mass is 16.6. The van der Waals surface area contributed by atoms with Gasteiger partial charge in [0.1, 0.15) is 37.5 Å². The molecule has 1 aliphatic heterocycles. The van der Waals surface area contributed by atoms with Gasteiger partial charge in [0, 0.05) is 6.54 Å². The molecule has 1 aliphatic rings. The Labute approximate surface area is 331 Å². The van der Waals surface area contributed by atoms with Crippen LogP contribution >= 0.6 is 0 Å². The lowest BCUT2D eigenvalue weighted by Gasteiger charge is -2.46. The van der Waals surface area contributed by atoms with Crippen molar-refractivity contribution in [2.45, 2.75) is 192 Å². The van der Waals surface area contributed by atoms with Gasteiger partial charge in [-0.25, -0.2) is 9.59 Å². The number of ether oxygens (including phenoxy) is 3. The molecule has 0 bridgehead atoms. The molecule has 0 spiro atoms. The van der Waals surface area contributed by atoms with E-state index in [2.05, 4.69) is 24.5 Å². The fraction of sp³-hybridized carbons (Fsp3) is 0.791. The third kappa shape index (κ3) is 21.3. The predicted molar refractivity (Wildman–Crippen MR) is 215 cm³/mol. The first kappa shape index (κ1) is 48.2. The highest BCUT2D eigenvalue weighted by Gasteiger charge is 2.48. The van der Waals surface area contributed by atoms with E-state index in [1.807, 2.05) is 18.2 Å². The van der Waals surface area contributed by atoms with Crippen molar-refractivity contribution in [2.75, 3.05) is 26.3 Å². The first-order chi connectivity index (χ1) is 26.8. The van der Waals surface area contributed by atoms with Gasteiger partial charge in [0.05, 0.1) is 13.2 Å². The van der Waals surface area contributed by atoms with E-state index in [1.165, 1.54) is 94.8 Å². The molecule has 0 aliphatic carbocycles. The zero-order valence-corrected chi connectivity index (χ0v) is 34.1. The number of alkyl carbamates (subject to hydrolysis) is 1. The smallest absolute Gasteiger partial charge is 0.411 e. The first-order valence-corrected chi connectivity index (χ1v) is 21.6. The van der Waals surface area contributed by atoms with Crippen molar-refractivity contribution in [1.29, 1.82) is 0 Å². The largest absolute Gasteiger partial charge is 0.449 e. The minimum Gasteiger partial charge on any atom is -0.449 e. The lowest BCUT2D eigenvalue weighted by molar-refractivity contribution is -0.226. The molecule has 1 fully saturated rings. The van der Waals surface area contributed by atoms with Crippen LogP contribution in [0.5, 0.6) is 0 Å². The van der Waals surface area contributed by atoms with Crippen molar-refractivity contribution >= 4 is 18.1 Å². The molecule has 1 heterocycles. The Morgan fingerprint density at radius 2 is 1.20 bits per heavy atom. The van der Waals surface area contributed by atoms with Gasteiger partial charge in [-0.15, -0.1) is 0 Å². The Morgan fingerprint density at radius 1 is 0.691 bits per heavy atom. The summed E-state index contributed by atoms with van der Waals surface area (Å²) in [5.41, 5.74) is 0.785. The van der Waals surface area contributed by atoms with Crippen molar-refractivity contribution in [3.8, 4) is 0 Å². The third-order valence-electron chi connectivity index (χ3n) is 10.4. The number of unbranched alkanes of at least 4 members (excludes halogenated alkanes) is 20. The fourth-order valence-corrected chi connectivity index (χ4v) is 6.96. The second kappa shape index (κ2) is 31.2. The van der Waals surface area contributed by atoms with Gasteiger partial charge in [-0.3, -0.25) is 9.69 Å². The number of rotatable bonds is 31. The van der Waals surface area contributed by atoms with E-state index in [1.54, 1.807) is 12.1 Å². The quantitative estimate of drug-likeness (QED) is 0.0471. The van der Waals surface area contributed by atoms with Crippen LogP contribution in [0, 0.1) is 0 Å². The van der Waals surface area contributed by atoms with Crippen LogP contribution in [0.15, 0.2) is 30.3 Å². The Morgan fingerprint density at radius 3 is 1.73 bits per heavy atom. The molecule has 12 nitrogen and oxygen atoms in total. The molecule has 0 aromatic heterocycles. The minimum atomic E-state index is -1.58. The number of nitrogens with zero attached hydrogens (tertiary/aromatic N) is 1. The summed E-state index contributed by atoms with van der Waals surface area (Å²) in [6.07, 6.45) is 18.3. The molecule has 55 heavy (non-hydrogen) atoms. The molecule has 1 aromatic carbocycles. The van der Waals surface area contributed by atoms with Crippen LogP contribution < -0.4 is 10.6 Å². The molecule has 2 rings (SSSR count). The molecule has 1 saturated heterocycles. The van der Waals surface area contributed by atoms with Gasteiger partial charge >= 0.3 is 12.2 Å². The normalized spacial score (nSPS) is 19.5. The SMILES string of the molecule is CCCCCCCCCCCCCCN(C(=O)OCCCCCCCCCCCC)[C@@H]1O[C@H](CO)[C@@H](O)[C@H](O)[C@H]1NC(=O)CNC(=O)OCc1ccccc1. The standard InChI is InChI=1S/C43H75N3O9/c1-3-5-7-9-11-13-15-16-17-19-21-26-30-46(43(52)53-31-27-22-20-18-14-12-10-8-6-4-2)41-38(40(50)39(49)36(33-47)55-41)45-37(48)32-44-42(51)54-34-35-28-24-23-25-29-35/h23-25,28-29,36,38-41,47,49-50H,3-22,26-27,30-34H2,1-2H3,(H,44,51)(H,45,48)/t36-,38-,39-,40-,41-/m1/s1. The van der Waals surface area contributed by atoms with Crippen LogP contribution in [0.25, 0.3) is 0 Å². The van der Waals surface area contributed by atoms with Crippen LogP contribution in [-0.4, -0.2) is 95.2 Å². The van der Waals surface area contributed by atoms with Gasteiger partial charge in [0.2, 0.25) is 5.91 Å². The number of aliphatic hydroxyl groups excluding tert-OH is 3. The van der Waals surface area contributed by atoms with Gasteiger partial charge in [0.15, 0.2) is 6.23 Å². The van der Waals surface area contributed by atoms with E-state index in [0.29, 0.717) is 12.8 Å². The molecular weight excluding hydrogens is 702 g/mol. The molecule has 5 atom stereocenters. The number of carbonyl (C=O) groups excluding carboxylic acids is 3. The van der Waals surface area contributed by atoms with Gasteiger partial charge in [0.25, 0.3) is 0 Å². The predicted octanol–water partition coefficient (Wildman–Crippen LogP) is 7.90. The lowest BCUT2D eigenvalue weighted by Crippen LogP contribution is -2.69. The summed E-state index contributed by atoms with van der Waals surface area (Å²) in [4.78, 5) is 40.4. The second-order valence-corrected chi connectivity index (χ2v) is 15.1. The average molecular weight is 778 g/mol. The Balaban J connectivity index is 1.98. The maximum atomic E-state index is 13.7. The summed E-state index contributed by atoms with van der Waals surface area (Å²) in [5, 5.41) is 37.0. The zero-order valence-electron chi connectivity index (χ0n) is 34.1. The van der Waals surface area contributed by atoms with Crippen molar-refractivity contribution in [2.24, 2.45) is 0 Å². The van der Waals surface area contributed by atoms with Gasteiger partial charge in [-0.1, -0.05) is 173 Å². The highest BCUT2D eigenvalue weighted by Crippen LogP contribution is 2.25. The molecular formula is C43H75N3O9. The molecule has 3 amide bonds. The lowest BCUT2D eigenvalue weighted by atomic mass is 9.95. The first-order valence-electron chi connectivity index (χ1n) is 21.6. The summed E-state index contributed by atoms with van der Waals surface area (Å²) < 4.78 is 16.9. The minimum absolute atomic E-state index is 0.0234. The van der Waals surface area contributed by atoms with Crippen LogP contribution in [0.3, 0.4) is 0 Å². The topological polar surface area (TPSA) is 167 Å². The van der Waals surface area contributed by atoms with Crippen LogP contribution in [0.2, 0.25) is 0 Å². The van der Waals surface area contributed by atoms with E-state index in [9.17, 15) is 29.7 Å². The summed E-state index contributed by atoms with van der Waals surface area (Å²) in [7, 11) is 0. The van der Waals surface area contributed by atoms with Crippen molar-refractivity contribution in [3.05, 3.63) is 35.9 Å². The summed E-state index contributed by atoms with van der Waals surface area (Å²) >= 11 is 0. The second-order valence-electron chi connectivity index (χ2n) is 15.1. The molecule has 316 valence electrons. The van der Waals surface area contributed by atoms with E-state index in [4.69, 9.17) is 14.2 Å². The highest BCUT2D eigenvalue weighted by molar-refractivity contribution is 5.82. The fourth-order valence-electron chi connectivity index (χ4n) is 6.96. The van der Waals surface area contributed by atoms with E-state index < -0.39 is 61.8 Å². The Kier molecular flexibility index (Phi) is 27.3. The van der Waals surface area contributed by atoms with Crippen LogP contribution in [0.1, 0.15) is 161 Å². The number of hydrogen-bond donors (Lipinski definition) is 5. The van der Waals surface area contributed by atoms with Gasteiger partial charge < -0.3 is 40.2 Å². The molecule has 5 N–H and O–H groups in total. The average Bonchev–Trinajstić information content (AvgIpc) is 3.19. The summed E-state index contributed by atoms with van der Waals surface area (Å²) in [5.74, 6) is -0.687. The number of hydrogen-bond acceptors (Lipinski definition) is 9. The van der Waals surface area contributed by atoms with Gasteiger partial charge in [-0.2, -0.15) is 0 Å². The Bertz CT molecular complexity index is 1130. The molecule has 0 unspecified atom stereocenters. The monoisotopic (exact) mass is 778 g/mol. The van der Waals surface area contributed by atoms with Crippen LogP contribution in [0.4, 0.5) is 9.59 Å². The Hall–Kier alpha value is -2.93. The van der Waals surface area contributed by atoms with Crippen LogP contribution in [-0.2, 0) is 25.6 Å². The number of nitrogens with one attached hydrogen (secondary N) is 2. The molecule has 0 saturated carbocycles. The summed E-state index contributed by atoms with van der Waals surface area (Å²) in [6.45, 7) is 3.84. The van der Waals surface area contributed by atoms with Crippen molar-refractivity contribution < 1.29 is 43.9 Å². The molecule has 12 heteroatoms. The zero-order chi connectivity index (χ0) is 39.9.